The smallest absolute Gasteiger partial charge is 0.294 e. The fourth-order valence-electron chi connectivity index (χ4n) is 1.32. The highest BCUT2D eigenvalue weighted by atomic mass is 79.9. The van der Waals surface area contributed by atoms with Gasteiger partial charge in [0.2, 0.25) is 0 Å². The van der Waals surface area contributed by atoms with Gasteiger partial charge in [0.25, 0.3) is 0 Å². The number of ketones is 1. The molecule has 94 valence electrons. The molecule has 1 rings (SSSR count). The Morgan fingerprint density at radius 2 is 2.06 bits per heavy atom. The van der Waals surface area contributed by atoms with E-state index in [1.165, 1.54) is 18.2 Å². The van der Waals surface area contributed by atoms with Crippen molar-refractivity contribution in [2.24, 2.45) is 0 Å². The minimum Gasteiger partial charge on any atom is -0.294 e. The number of carbonyl (C=O) groups excluding carboxylic acids is 1. The van der Waals surface area contributed by atoms with E-state index in [-0.39, 0.29) is 28.9 Å². The molecule has 17 heavy (non-hydrogen) atoms. The monoisotopic (exact) mass is 326 g/mol. The number of alkyl halides is 4. The molecule has 0 aromatic heterocycles. The van der Waals surface area contributed by atoms with Gasteiger partial charge in [0, 0.05) is 22.2 Å². The van der Waals surface area contributed by atoms with Crippen LogP contribution in [0.3, 0.4) is 0 Å². The molecule has 0 radical (unpaired) electrons. The average molecular weight is 327 g/mol. The lowest BCUT2D eigenvalue weighted by Gasteiger charge is -2.09. The molecule has 0 aliphatic carbocycles. The van der Waals surface area contributed by atoms with Gasteiger partial charge in [0.15, 0.2) is 5.78 Å². The summed E-state index contributed by atoms with van der Waals surface area (Å²) in [6.07, 6.45) is 0.279. The van der Waals surface area contributed by atoms with Gasteiger partial charge in [-0.15, -0.1) is 0 Å². The molecule has 0 heterocycles. The lowest BCUT2D eigenvalue weighted by atomic mass is 10.0. The number of Topliss-reactive ketones (excluding diaryl/α,β-unsaturated/α-hetero) is 1. The van der Waals surface area contributed by atoms with E-state index in [1.54, 1.807) is 6.92 Å². The van der Waals surface area contributed by atoms with Gasteiger partial charge in [-0.1, -0.05) is 22.0 Å². The van der Waals surface area contributed by atoms with Crippen LogP contribution in [-0.2, 0) is 0 Å². The van der Waals surface area contributed by atoms with Crippen molar-refractivity contribution in [3.05, 3.63) is 29.3 Å². The van der Waals surface area contributed by atoms with Crippen LogP contribution in [0.25, 0.3) is 0 Å². The Morgan fingerprint density at radius 3 is 2.59 bits per heavy atom. The Labute approximate surface area is 110 Å². The molecule has 0 spiro atoms. The molecule has 0 atom stereocenters. The fourth-order valence-corrected chi connectivity index (χ4v) is 2.26. The topological polar surface area (TPSA) is 17.1 Å². The van der Waals surface area contributed by atoms with E-state index in [1.807, 2.05) is 0 Å². The van der Waals surface area contributed by atoms with Crippen molar-refractivity contribution in [3.8, 4) is 0 Å². The van der Waals surface area contributed by atoms with E-state index in [0.717, 1.165) is 0 Å². The van der Waals surface area contributed by atoms with Crippen molar-refractivity contribution >= 4 is 33.5 Å². The standard InChI is InChI=1S/C11H10BrF3OS/c1-7-2-3-8(17-11(13,14)15)6-9(7)10(16)4-5-12/h2-3,6H,4-5H2,1H3. The Balaban J connectivity index is 2.98. The summed E-state index contributed by atoms with van der Waals surface area (Å²) in [6.45, 7) is 1.71. The molecule has 0 N–H and O–H groups in total. The second-order valence-corrected chi connectivity index (χ2v) is 5.32. The van der Waals surface area contributed by atoms with Crippen molar-refractivity contribution in [2.45, 2.75) is 23.7 Å². The normalized spacial score (nSPS) is 11.6. The maximum Gasteiger partial charge on any atom is 0.446 e. The summed E-state index contributed by atoms with van der Waals surface area (Å²) in [5.41, 5.74) is -3.27. The molecule has 1 aromatic carbocycles. The number of carbonyl (C=O) groups is 1. The molecule has 0 fully saturated rings. The zero-order valence-electron chi connectivity index (χ0n) is 8.97. The second kappa shape index (κ2) is 5.91. The van der Waals surface area contributed by atoms with E-state index in [9.17, 15) is 18.0 Å². The predicted octanol–water partition coefficient (Wildman–Crippen LogP) is 4.57. The Morgan fingerprint density at radius 1 is 1.41 bits per heavy atom. The number of halogens is 4. The Bertz CT molecular complexity index is 418. The third kappa shape index (κ3) is 4.71. The summed E-state index contributed by atoms with van der Waals surface area (Å²) in [5, 5.41) is 0.502. The van der Waals surface area contributed by atoms with Gasteiger partial charge in [-0.2, -0.15) is 13.2 Å². The number of benzene rings is 1. The van der Waals surface area contributed by atoms with Crippen LogP contribution in [0.15, 0.2) is 23.1 Å². The van der Waals surface area contributed by atoms with Gasteiger partial charge >= 0.3 is 5.51 Å². The van der Waals surface area contributed by atoms with Crippen LogP contribution in [0.4, 0.5) is 13.2 Å². The first-order valence-corrected chi connectivity index (χ1v) is 6.73. The Hall–Kier alpha value is -0.490. The van der Waals surface area contributed by atoms with Crippen molar-refractivity contribution in [1.29, 1.82) is 0 Å². The number of rotatable bonds is 4. The van der Waals surface area contributed by atoms with Crippen molar-refractivity contribution in [1.82, 2.24) is 0 Å². The zero-order chi connectivity index (χ0) is 13.1. The SMILES string of the molecule is Cc1ccc(SC(F)(F)F)cc1C(=O)CCBr. The molecule has 1 nitrogen and oxygen atoms in total. The molecule has 1 aromatic rings. The third-order valence-corrected chi connectivity index (χ3v) is 3.18. The largest absolute Gasteiger partial charge is 0.446 e. The van der Waals surface area contributed by atoms with Crippen LogP contribution >= 0.6 is 27.7 Å². The molecule has 0 unspecified atom stereocenters. The van der Waals surface area contributed by atoms with E-state index in [4.69, 9.17) is 0 Å². The maximum atomic E-state index is 12.2. The maximum absolute atomic E-state index is 12.2. The number of hydrogen-bond donors (Lipinski definition) is 0. The Kier molecular flexibility index (Phi) is 5.06. The fraction of sp³-hybridized carbons (Fsp3) is 0.364. The molecule has 0 aliphatic heterocycles. The van der Waals surface area contributed by atoms with Crippen LogP contribution in [0.1, 0.15) is 22.3 Å². The van der Waals surface area contributed by atoms with E-state index >= 15 is 0 Å². The highest BCUT2D eigenvalue weighted by Crippen LogP contribution is 2.37. The molecule has 6 heteroatoms. The number of aryl methyl sites for hydroxylation is 1. The second-order valence-electron chi connectivity index (χ2n) is 3.39. The lowest BCUT2D eigenvalue weighted by molar-refractivity contribution is -0.0328. The van der Waals surface area contributed by atoms with Crippen molar-refractivity contribution in [3.63, 3.8) is 0 Å². The van der Waals surface area contributed by atoms with Gasteiger partial charge in [-0.25, -0.2) is 0 Å². The summed E-state index contributed by atoms with van der Waals surface area (Å²) in [5.74, 6) is -0.149. The molecule has 0 saturated carbocycles. The lowest BCUT2D eigenvalue weighted by Crippen LogP contribution is -2.04. The van der Waals surface area contributed by atoms with E-state index in [2.05, 4.69) is 15.9 Å². The summed E-state index contributed by atoms with van der Waals surface area (Å²) >= 11 is 2.93. The molecular weight excluding hydrogens is 317 g/mol. The summed E-state index contributed by atoms with van der Waals surface area (Å²) in [6, 6.07) is 4.21. The van der Waals surface area contributed by atoms with E-state index < -0.39 is 5.51 Å². The van der Waals surface area contributed by atoms with Crippen LogP contribution < -0.4 is 0 Å². The number of thioether (sulfide) groups is 1. The van der Waals surface area contributed by atoms with Crippen molar-refractivity contribution in [2.75, 3.05) is 5.33 Å². The summed E-state index contributed by atoms with van der Waals surface area (Å²) < 4.78 is 36.6. The van der Waals surface area contributed by atoms with E-state index in [0.29, 0.717) is 16.5 Å². The van der Waals surface area contributed by atoms with Crippen LogP contribution in [0, 0.1) is 6.92 Å². The summed E-state index contributed by atoms with van der Waals surface area (Å²) in [4.78, 5) is 11.7. The van der Waals surface area contributed by atoms with Gasteiger partial charge in [-0.05, 0) is 36.4 Å². The van der Waals surface area contributed by atoms with Gasteiger partial charge in [0.1, 0.15) is 0 Å². The average Bonchev–Trinajstić information content (AvgIpc) is 2.19. The minimum absolute atomic E-state index is 0.0426. The molecular formula is C11H10BrF3OS. The van der Waals surface area contributed by atoms with Crippen LogP contribution in [0.5, 0.6) is 0 Å². The predicted molar refractivity (Wildman–Crippen MR) is 65.8 cm³/mol. The first-order valence-electron chi connectivity index (χ1n) is 4.79. The number of hydrogen-bond acceptors (Lipinski definition) is 2. The highest BCUT2D eigenvalue weighted by Gasteiger charge is 2.29. The quantitative estimate of drug-likeness (QED) is 0.458. The van der Waals surface area contributed by atoms with Crippen molar-refractivity contribution < 1.29 is 18.0 Å². The molecule has 0 saturated heterocycles. The zero-order valence-corrected chi connectivity index (χ0v) is 11.4. The molecule has 0 amide bonds. The molecule has 0 bridgehead atoms. The van der Waals surface area contributed by atoms with Gasteiger partial charge < -0.3 is 0 Å². The minimum atomic E-state index is -4.33. The van der Waals surface area contributed by atoms with Crippen LogP contribution in [-0.4, -0.2) is 16.6 Å². The summed E-state index contributed by atoms with van der Waals surface area (Å²) in [7, 11) is 0. The third-order valence-electron chi connectivity index (χ3n) is 2.06. The van der Waals surface area contributed by atoms with Crippen LogP contribution in [0.2, 0.25) is 0 Å². The molecule has 0 aliphatic rings. The highest BCUT2D eigenvalue weighted by molar-refractivity contribution is 9.09. The first-order chi connectivity index (χ1) is 7.83. The van der Waals surface area contributed by atoms with Gasteiger partial charge in [0.05, 0.1) is 0 Å². The van der Waals surface area contributed by atoms with Gasteiger partial charge in [-0.3, -0.25) is 4.79 Å². The first kappa shape index (κ1) is 14.6.